The number of carboxylic acids is 1. The lowest BCUT2D eigenvalue weighted by Gasteiger charge is -2.16. The van der Waals surface area contributed by atoms with Crippen molar-refractivity contribution in [1.29, 1.82) is 0 Å². The molecule has 0 fully saturated rings. The van der Waals surface area contributed by atoms with Crippen molar-refractivity contribution < 1.29 is 14.7 Å². The third-order valence-corrected chi connectivity index (χ3v) is 3.46. The second kappa shape index (κ2) is 5.99. The Morgan fingerprint density at radius 1 is 1.29 bits per heavy atom. The van der Waals surface area contributed by atoms with Crippen molar-refractivity contribution >= 4 is 22.8 Å². The molecule has 1 aromatic heterocycles. The van der Waals surface area contributed by atoms with Gasteiger partial charge in [-0.1, -0.05) is 13.8 Å². The largest absolute Gasteiger partial charge is 0.480 e. The summed E-state index contributed by atoms with van der Waals surface area (Å²) in [6.07, 6.45) is 2.33. The number of amides is 1. The van der Waals surface area contributed by atoms with Crippen molar-refractivity contribution in [3.8, 4) is 0 Å². The van der Waals surface area contributed by atoms with E-state index in [0.717, 1.165) is 10.9 Å². The van der Waals surface area contributed by atoms with Crippen LogP contribution < -0.4 is 5.32 Å². The highest BCUT2D eigenvalue weighted by molar-refractivity contribution is 5.99. The molecule has 1 heterocycles. The van der Waals surface area contributed by atoms with Gasteiger partial charge in [0.1, 0.15) is 6.04 Å². The number of nitrogens with zero attached hydrogens (tertiary/aromatic N) is 1. The third kappa shape index (κ3) is 3.42. The van der Waals surface area contributed by atoms with Crippen molar-refractivity contribution in [2.24, 2.45) is 13.0 Å². The molecule has 0 bridgehead atoms. The number of carbonyl (C=O) groups excluding carboxylic acids is 1. The normalized spacial score (nSPS) is 12.6. The smallest absolute Gasteiger partial charge is 0.326 e. The molecule has 1 atom stereocenters. The van der Waals surface area contributed by atoms with E-state index in [1.807, 2.05) is 43.8 Å². The van der Waals surface area contributed by atoms with E-state index in [4.69, 9.17) is 0 Å². The van der Waals surface area contributed by atoms with Gasteiger partial charge < -0.3 is 15.0 Å². The first-order valence-electron chi connectivity index (χ1n) is 6.97. The average molecular weight is 288 g/mol. The Bertz CT molecular complexity index is 673. The van der Waals surface area contributed by atoms with Gasteiger partial charge in [0.25, 0.3) is 5.91 Å². The van der Waals surface area contributed by atoms with Crippen molar-refractivity contribution in [3.05, 3.63) is 36.0 Å². The fourth-order valence-corrected chi connectivity index (χ4v) is 2.36. The molecule has 0 aliphatic rings. The molecular formula is C16H20N2O3. The lowest BCUT2D eigenvalue weighted by atomic mass is 10.0. The zero-order valence-electron chi connectivity index (χ0n) is 12.5. The number of fused-ring (bicyclic) bond motifs is 1. The molecule has 0 aliphatic heterocycles. The standard InChI is InChI=1S/C16H20N2O3/c1-10(2)8-13(16(20)21)17-15(19)12-4-5-14-11(9-12)6-7-18(14)3/h4-7,9-10,13H,8H2,1-3H3,(H,17,19)(H,20,21)/t13-/m0/s1. The van der Waals surface area contributed by atoms with Crippen LogP contribution in [0, 0.1) is 5.92 Å². The number of nitrogens with one attached hydrogen (secondary N) is 1. The molecule has 5 nitrogen and oxygen atoms in total. The highest BCUT2D eigenvalue weighted by atomic mass is 16.4. The van der Waals surface area contributed by atoms with E-state index < -0.39 is 12.0 Å². The molecule has 0 unspecified atom stereocenters. The maximum atomic E-state index is 12.2. The van der Waals surface area contributed by atoms with Gasteiger partial charge in [0.05, 0.1) is 0 Å². The fraction of sp³-hybridized carbons (Fsp3) is 0.375. The summed E-state index contributed by atoms with van der Waals surface area (Å²) in [6.45, 7) is 3.86. The number of carboxylic acid groups (broad SMARTS) is 1. The number of benzene rings is 1. The van der Waals surface area contributed by atoms with E-state index in [1.165, 1.54) is 0 Å². The summed E-state index contributed by atoms with van der Waals surface area (Å²) in [4.78, 5) is 23.4. The zero-order chi connectivity index (χ0) is 15.6. The van der Waals surface area contributed by atoms with Crippen LogP contribution in [-0.2, 0) is 11.8 Å². The topological polar surface area (TPSA) is 71.3 Å². The molecule has 5 heteroatoms. The summed E-state index contributed by atoms with van der Waals surface area (Å²) >= 11 is 0. The van der Waals surface area contributed by atoms with Gasteiger partial charge in [-0.05, 0) is 36.6 Å². The Morgan fingerprint density at radius 2 is 2.00 bits per heavy atom. The summed E-state index contributed by atoms with van der Waals surface area (Å²) in [5.41, 5.74) is 1.51. The van der Waals surface area contributed by atoms with Gasteiger partial charge in [-0.15, -0.1) is 0 Å². The second-order valence-corrected chi connectivity index (χ2v) is 5.69. The van der Waals surface area contributed by atoms with Gasteiger partial charge in [0.15, 0.2) is 0 Å². The molecule has 0 saturated carbocycles. The van der Waals surface area contributed by atoms with E-state index in [1.54, 1.807) is 12.1 Å². The van der Waals surface area contributed by atoms with Crippen LogP contribution in [0.4, 0.5) is 0 Å². The lowest BCUT2D eigenvalue weighted by Crippen LogP contribution is -2.41. The van der Waals surface area contributed by atoms with Gasteiger partial charge in [0, 0.05) is 29.7 Å². The summed E-state index contributed by atoms with van der Waals surface area (Å²) in [5, 5.41) is 12.7. The fourth-order valence-electron chi connectivity index (χ4n) is 2.36. The van der Waals surface area contributed by atoms with Crippen molar-refractivity contribution in [2.75, 3.05) is 0 Å². The Labute approximate surface area is 123 Å². The van der Waals surface area contributed by atoms with Gasteiger partial charge in [0.2, 0.25) is 0 Å². The van der Waals surface area contributed by atoms with Crippen LogP contribution in [0.25, 0.3) is 10.9 Å². The SMILES string of the molecule is CC(C)C[C@H](NC(=O)c1ccc2c(ccn2C)c1)C(=O)O. The molecule has 1 amide bonds. The number of carbonyl (C=O) groups is 2. The minimum Gasteiger partial charge on any atom is -0.480 e. The number of hydrogen-bond donors (Lipinski definition) is 2. The summed E-state index contributed by atoms with van der Waals surface area (Å²) in [6, 6.07) is 6.42. The van der Waals surface area contributed by atoms with E-state index in [-0.39, 0.29) is 11.8 Å². The molecule has 0 radical (unpaired) electrons. The highest BCUT2D eigenvalue weighted by Gasteiger charge is 2.21. The quantitative estimate of drug-likeness (QED) is 0.887. The summed E-state index contributed by atoms with van der Waals surface area (Å²) < 4.78 is 1.97. The number of aromatic nitrogens is 1. The first-order valence-corrected chi connectivity index (χ1v) is 6.97. The highest BCUT2D eigenvalue weighted by Crippen LogP contribution is 2.17. The van der Waals surface area contributed by atoms with Gasteiger partial charge in [-0.3, -0.25) is 4.79 Å². The molecule has 2 rings (SSSR count). The van der Waals surface area contributed by atoms with Crippen LogP contribution in [0.1, 0.15) is 30.6 Å². The van der Waals surface area contributed by atoms with Crippen LogP contribution in [0.5, 0.6) is 0 Å². The van der Waals surface area contributed by atoms with Crippen LogP contribution in [0.15, 0.2) is 30.5 Å². The lowest BCUT2D eigenvalue weighted by molar-refractivity contribution is -0.139. The van der Waals surface area contributed by atoms with E-state index in [9.17, 15) is 14.7 Å². The molecule has 2 N–H and O–H groups in total. The van der Waals surface area contributed by atoms with Crippen LogP contribution >= 0.6 is 0 Å². The molecule has 21 heavy (non-hydrogen) atoms. The molecule has 0 saturated heterocycles. The van der Waals surface area contributed by atoms with Crippen LogP contribution in [-0.4, -0.2) is 27.6 Å². The van der Waals surface area contributed by atoms with Crippen molar-refractivity contribution in [3.63, 3.8) is 0 Å². The first-order chi connectivity index (χ1) is 9.88. The summed E-state index contributed by atoms with van der Waals surface area (Å²) in [5.74, 6) is -1.16. The van der Waals surface area contributed by atoms with E-state index in [2.05, 4.69) is 5.32 Å². The minimum atomic E-state index is -1.00. The molecule has 112 valence electrons. The Kier molecular flexibility index (Phi) is 4.31. The molecular weight excluding hydrogens is 268 g/mol. The van der Waals surface area contributed by atoms with Gasteiger partial charge >= 0.3 is 5.97 Å². The maximum Gasteiger partial charge on any atom is 0.326 e. The predicted molar refractivity (Wildman–Crippen MR) is 81.3 cm³/mol. The number of rotatable bonds is 5. The maximum absolute atomic E-state index is 12.2. The number of aryl methyl sites for hydroxylation is 1. The minimum absolute atomic E-state index is 0.197. The second-order valence-electron chi connectivity index (χ2n) is 5.69. The van der Waals surface area contributed by atoms with E-state index in [0.29, 0.717) is 12.0 Å². The van der Waals surface area contributed by atoms with Gasteiger partial charge in [-0.25, -0.2) is 4.79 Å². The van der Waals surface area contributed by atoms with Crippen molar-refractivity contribution in [1.82, 2.24) is 9.88 Å². The molecule has 1 aromatic carbocycles. The summed E-state index contributed by atoms with van der Waals surface area (Å²) in [7, 11) is 1.94. The molecule has 0 spiro atoms. The zero-order valence-corrected chi connectivity index (χ0v) is 12.5. The monoisotopic (exact) mass is 288 g/mol. The van der Waals surface area contributed by atoms with Crippen LogP contribution in [0.3, 0.4) is 0 Å². The number of hydrogen-bond acceptors (Lipinski definition) is 2. The average Bonchev–Trinajstić information content (AvgIpc) is 2.78. The molecule has 2 aromatic rings. The number of aliphatic carboxylic acids is 1. The van der Waals surface area contributed by atoms with Gasteiger partial charge in [-0.2, -0.15) is 0 Å². The third-order valence-electron chi connectivity index (χ3n) is 3.46. The Balaban J connectivity index is 2.18. The Hall–Kier alpha value is -2.30. The predicted octanol–water partition coefficient (Wildman–Crippen LogP) is 2.41. The van der Waals surface area contributed by atoms with E-state index >= 15 is 0 Å². The first kappa shape index (κ1) is 15.1. The molecule has 0 aliphatic carbocycles. The Morgan fingerprint density at radius 3 is 2.62 bits per heavy atom. The van der Waals surface area contributed by atoms with Crippen LogP contribution in [0.2, 0.25) is 0 Å². The van der Waals surface area contributed by atoms with Crippen molar-refractivity contribution in [2.45, 2.75) is 26.3 Å².